The molecular formula is C20H24N2O8. The zero-order valence-corrected chi connectivity index (χ0v) is 17.1. The van der Waals surface area contributed by atoms with Gasteiger partial charge in [-0.3, -0.25) is 10.1 Å². The molecule has 162 valence electrons. The number of nitrogens with one attached hydrogen (secondary N) is 1. The maximum atomic E-state index is 11.9. The van der Waals surface area contributed by atoms with Crippen LogP contribution in [0.5, 0.6) is 5.75 Å². The van der Waals surface area contributed by atoms with Crippen molar-refractivity contribution in [3.8, 4) is 5.75 Å². The second-order valence-corrected chi connectivity index (χ2v) is 6.81. The van der Waals surface area contributed by atoms with Crippen molar-refractivity contribution in [2.45, 2.75) is 39.7 Å². The SMILES string of the molecule is CCOC(C)COc1ccc(C2C(C(=O)O)=C(C)NC(C)=C2C(=O)O)cc1[N+](=O)[O-]. The first-order chi connectivity index (χ1) is 14.1. The second-order valence-electron chi connectivity index (χ2n) is 6.81. The van der Waals surface area contributed by atoms with Crippen LogP contribution in [0, 0.1) is 10.1 Å². The summed E-state index contributed by atoms with van der Waals surface area (Å²) in [4.78, 5) is 34.7. The van der Waals surface area contributed by atoms with Gasteiger partial charge in [-0.15, -0.1) is 0 Å². The van der Waals surface area contributed by atoms with Crippen molar-refractivity contribution in [2.24, 2.45) is 0 Å². The van der Waals surface area contributed by atoms with Gasteiger partial charge < -0.3 is 25.0 Å². The van der Waals surface area contributed by atoms with Crippen LogP contribution in [0.4, 0.5) is 5.69 Å². The Hall–Kier alpha value is -3.40. The Labute approximate surface area is 172 Å². The number of aliphatic carboxylic acids is 2. The van der Waals surface area contributed by atoms with Crippen LogP contribution in [0.15, 0.2) is 40.7 Å². The van der Waals surface area contributed by atoms with Gasteiger partial charge in [0.2, 0.25) is 0 Å². The summed E-state index contributed by atoms with van der Waals surface area (Å²) in [5.41, 5.74) is -0.0645. The smallest absolute Gasteiger partial charge is 0.334 e. The van der Waals surface area contributed by atoms with Gasteiger partial charge in [0.15, 0.2) is 5.75 Å². The van der Waals surface area contributed by atoms with Crippen molar-refractivity contribution >= 4 is 17.6 Å². The van der Waals surface area contributed by atoms with Crippen molar-refractivity contribution < 1.29 is 34.2 Å². The normalized spacial score (nSPS) is 15.6. The summed E-state index contributed by atoms with van der Waals surface area (Å²) in [5, 5.41) is 33.7. The van der Waals surface area contributed by atoms with Crippen LogP contribution in [-0.4, -0.2) is 46.4 Å². The maximum Gasteiger partial charge on any atom is 0.334 e. The molecule has 1 aromatic carbocycles. The van der Waals surface area contributed by atoms with E-state index in [0.29, 0.717) is 6.61 Å². The highest BCUT2D eigenvalue weighted by atomic mass is 16.6. The van der Waals surface area contributed by atoms with Gasteiger partial charge in [0.25, 0.3) is 0 Å². The minimum atomic E-state index is -1.32. The monoisotopic (exact) mass is 420 g/mol. The van der Waals surface area contributed by atoms with E-state index in [1.54, 1.807) is 6.92 Å². The fraction of sp³-hybridized carbons (Fsp3) is 0.400. The lowest BCUT2D eigenvalue weighted by Gasteiger charge is -2.28. The van der Waals surface area contributed by atoms with Crippen molar-refractivity contribution in [3.05, 3.63) is 56.4 Å². The van der Waals surface area contributed by atoms with Gasteiger partial charge in [0.05, 0.1) is 28.1 Å². The average Bonchev–Trinajstić information content (AvgIpc) is 2.65. The Balaban J connectivity index is 2.55. The average molecular weight is 420 g/mol. The number of carboxylic acid groups (broad SMARTS) is 2. The third-order valence-corrected chi connectivity index (χ3v) is 4.66. The van der Waals surface area contributed by atoms with Crippen LogP contribution >= 0.6 is 0 Å². The van der Waals surface area contributed by atoms with E-state index in [1.807, 2.05) is 6.92 Å². The van der Waals surface area contributed by atoms with Gasteiger partial charge in [-0.25, -0.2) is 9.59 Å². The summed E-state index contributed by atoms with van der Waals surface area (Å²) in [6.07, 6.45) is -0.285. The molecule has 0 saturated heterocycles. The van der Waals surface area contributed by atoms with Crippen LogP contribution in [-0.2, 0) is 14.3 Å². The Morgan fingerprint density at radius 3 is 2.23 bits per heavy atom. The molecule has 3 N–H and O–H groups in total. The summed E-state index contributed by atoms with van der Waals surface area (Å²) in [6, 6.07) is 3.94. The number of carbonyl (C=O) groups is 2. The van der Waals surface area contributed by atoms with Gasteiger partial charge in [-0.1, -0.05) is 6.07 Å². The van der Waals surface area contributed by atoms with Gasteiger partial charge in [-0.2, -0.15) is 0 Å². The zero-order valence-electron chi connectivity index (χ0n) is 17.1. The number of allylic oxidation sites excluding steroid dienone is 2. The lowest BCUT2D eigenvalue weighted by atomic mass is 9.80. The summed E-state index contributed by atoms with van der Waals surface area (Å²) in [7, 11) is 0. The topological polar surface area (TPSA) is 148 Å². The molecule has 1 aromatic rings. The highest BCUT2D eigenvalue weighted by Crippen LogP contribution is 2.41. The first-order valence-electron chi connectivity index (χ1n) is 9.26. The maximum absolute atomic E-state index is 11.9. The van der Waals surface area contributed by atoms with E-state index in [-0.39, 0.29) is 52.3 Å². The summed E-state index contributed by atoms with van der Waals surface area (Å²) < 4.78 is 10.9. The molecule has 1 unspecified atom stereocenters. The third kappa shape index (κ3) is 4.77. The number of rotatable bonds is 9. The molecule has 10 nitrogen and oxygen atoms in total. The quantitative estimate of drug-likeness (QED) is 0.405. The van der Waals surface area contributed by atoms with E-state index >= 15 is 0 Å². The fourth-order valence-corrected chi connectivity index (χ4v) is 3.41. The summed E-state index contributed by atoms with van der Waals surface area (Å²) >= 11 is 0. The lowest BCUT2D eigenvalue weighted by Crippen LogP contribution is -2.31. The van der Waals surface area contributed by atoms with E-state index < -0.39 is 22.8 Å². The molecule has 2 rings (SSSR count). The van der Waals surface area contributed by atoms with Gasteiger partial charge in [0.1, 0.15) is 6.61 Å². The van der Waals surface area contributed by atoms with Crippen LogP contribution in [0.1, 0.15) is 39.2 Å². The number of nitro groups is 1. The fourth-order valence-electron chi connectivity index (χ4n) is 3.41. The van der Waals surface area contributed by atoms with Crippen LogP contribution in [0.3, 0.4) is 0 Å². The Morgan fingerprint density at radius 2 is 1.77 bits per heavy atom. The first-order valence-corrected chi connectivity index (χ1v) is 9.26. The number of hydrogen-bond acceptors (Lipinski definition) is 7. The summed E-state index contributed by atoms with van der Waals surface area (Å²) in [6.45, 7) is 7.16. The Kier molecular flexibility index (Phi) is 7.17. The molecule has 1 atom stereocenters. The summed E-state index contributed by atoms with van der Waals surface area (Å²) in [5.74, 6) is -3.83. The van der Waals surface area contributed by atoms with Crippen LogP contribution in [0.25, 0.3) is 0 Å². The number of ether oxygens (including phenoxy) is 2. The minimum Gasteiger partial charge on any atom is -0.484 e. The molecule has 0 bridgehead atoms. The van der Waals surface area contributed by atoms with E-state index in [0.717, 1.165) is 6.07 Å². The van der Waals surface area contributed by atoms with Gasteiger partial charge in [-0.05, 0) is 39.3 Å². The molecule has 0 radical (unpaired) electrons. The largest absolute Gasteiger partial charge is 0.484 e. The number of nitrogens with zero attached hydrogens (tertiary/aromatic N) is 1. The number of nitro benzene ring substituents is 1. The van der Waals surface area contributed by atoms with Gasteiger partial charge in [0, 0.05) is 24.1 Å². The Morgan fingerprint density at radius 1 is 1.20 bits per heavy atom. The molecule has 0 amide bonds. The van der Waals surface area contributed by atoms with E-state index in [1.165, 1.54) is 26.0 Å². The minimum absolute atomic E-state index is 0.0145. The highest BCUT2D eigenvalue weighted by Gasteiger charge is 2.37. The second kappa shape index (κ2) is 9.40. The molecule has 0 aromatic heterocycles. The van der Waals surface area contributed by atoms with E-state index in [4.69, 9.17) is 9.47 Å². The molecule has 0 fully saturated rings. The van der Waals surface area contributed by atoms with E-state index in [9.17, 15) is 29.9 Å². The van der Waals surface area contributed by atoms with Crippen molar-refractivity contribution in [2.75, 3.05) is 13.2 Å². The standard InChI is InChI=1S/C20H24N2O8/c1-5-29-10(2)9-30-15-7-6-13(8-14(15)22(27)28)18-16(19(23)24)11(3)21-12(4)17(18)20(25)26/h6-8,10,18,21H,5,9H2,1-4H3,(H,23,24)(H,25,26). The van der Waals surface area contributed by atoms with Crippen molar-refractivity contribution in [1.82, 2.24) is 5.32 Å². The molecule has 1 aliphatic heterocycles. The molecule has 1 aliphatic rings. The molecule has 1 heterocycles. The molecule has 10 heteroatoms. The molecular weight excluding hydrogens is 396 g/mol. The Bertz CT molecular complexity index is 899. The molecule has 0 saturated carbocycles. The van der Waals surface area contributed by atoms with Crippen molar-refractivity contribution in [3.63, 3.8) is 0 Å². The first kappa shape index (κ1) is 22.9. The number of carboxylic acids is 2. The zero-order chi connectivity index (χ0) is 22.6. The van der Waals surface area contributed by atoms with E-state index in [2.05, 4.69) is 5.32 Å². The van der Waals surface area contributed by atoms with Crippen LogP contribution in [0.2, 0.25) is 0 Å². The predicted molar refractivity (Wildman–Crippen MR) is 106 cm³/mol. The predicted octanol–water partition coefficient (Wildman–Crippen LogP) is 2.80. The molecule has 0 aliphatic carbocycles. The van der Waals surface area contributed by atoms with Gasteiger partial charge >= 0.3 is 17.6 Å². The third-order valence-electron chi connectivity index (χ3n) is 4.66. The number of hydrogen-bond donors (Lipinski definition) is 3. The highest BCUT2D eigenvalue weighted by molar-refractivity contribution is 5.98. The number of dihydropyridines is 1. The van der Waals surface area contributed by atoms with Crippen molar-refractivity contribution in [1.29, 1.82) is 0 Å². The molecule has 0 spiro atoms. The lowest BCUT2D eigenvalue weighted by molar-refractivity contribution is -0.386. The molecule has 30 heavy (non-hydrogen) atoms. The van der Waals surface area contributed by atoms with Crippen LogP contribution < -0.4 is 10.1 Å². The number of benzene rings is 1.